The zero-order valence-corrected chi connectivity index (χ0v) is 14.5. The molecule has 124 valence electrons. The van der Waals surface area contributed by atoms with Crippen LogP contribution in [0.15, 0.2) is 48.5 Å². The third kappa shape index (κ3) is 5.89. The van der Waals surface area contributed by atoms with Gasteiger partial charge in [0.25, 0.3) is 5.91 Å². The van der Waals surface area contributed by atoms with E-state index in [1.54, 1.807) is 42.5 Å². The Morgan fingerprint density at radius 2 is 1.83 bits per heavy atom. The zero-order chi connectivity index (χ0) is 17.5. The summed E-state index contributed by atoms with van der Waals surface area (Å²) in [5, 5.41) is 3.80. The molecule has 0 fully saturated rings. The molecule has 1 amide bonds. The third-order valence-electron chi connectivity index (χ3n) is 2.81. The molecule has 7 heteroatoms. The minimum Gasteiger partial charge on any atom is -0.452 e. The van der Waals surface area contributed by atoms with Crippen molar-refractivity contribution >= 4 is 58.4 Å². The fourth-order valence-corrected chi connectivity index (χ4v) is 2.23. The number of anilines is 1. The van der Waals surface area contributed by atoms with Gasteiger partial charge in [0.2, 0.25) is 0 Å². The number of esters is 1. The first kappa shape index (κ1) is 18.3. The second-order valence-corrected chi connectivity index (χ2v) is 5.92. The summed E-state index contributed by atoms with van der Waals surface area (Å²) in [5.74, 6) is -1.13. The molecule has 2 rings (SSSR count). The highest BCUT2D eigenvalue weighted by Gasteiger charge is 2.07. The first-order valence-corrected chi connectivity index (χ1v) is 7.93. The number of rotatable bonds is 5. The summed E-state index contributed by atoms with van der Waals surface area (Å²) < 4.78 is 4.85. The van der Waals surface area contributed by atoms with Crippen molar-refractivity contribution in [3.63, 3.8) is 0 Å². The van der Waals surface area contributed by atoms with E-state index in [2.05, 4.69) is 5.32 Å². The lowest BCUT2D eigenvalue weighted by Gasteiger charge is -2.06. The van der Waals surface area contributed by atoms with Crippen LogP contribution in [-0.2, 0) is 14.3 Å². The fourth-order valence-electron chi connectivity index (χ4n) is 1.73. The van der Waals surface area contributed by atoms with Gasteiger partial charge in [-0.3, -0.25) is 4.79 Å². The first-order valence-electron chi connectivity index (χ1n) is 6.79. The van der Waals surface area contributed by atoms with Gasteiger partial charge in [-0.25, -0.2) is 4.79 Å². The van der Waals surface area contributed by atoms with E-state index in [0.29, 0.717) is 20.8 Å². The number of amides is 1. The molecule has 0 saturated heterocycles. The Balaban J connectivity index is 1.82. The lowest BCUT2D eigenvalue weighted by atomic mass is 10.2. The van der Waals surface area contributed by atoms with Crippen LogP contribution in [-0.4, -0.2) is 18.5 Å². The van der Waals surface area contributed by atoms with E-state index in [1.807, 2.05) is 0 Å². The Morgan fingerprint density at radius 1 is 1.04 bits per heavy atom. The van der Waals surface area contributed by atoms with Crippen molar-refractivity contribution in [3.8, 4) is 0 Å². The molecule has 0 spiro atoms. The average molecular weight is 385 g/mol. The minimum atomic E-state index is -0.640. The second-order valence-electron chi connectivity index (χ2n) is 4.67. The molecule has 24 heavy (non-hydrogen) atoms. The van der Waals surface area contributed by atoms with Gasteiger partial charge in [-0.1, -0.05) is 46.9 Å². The van der Waals surface area contributed by atoms with E-state index < -0.39 is 18.5 Å². The second kappa shape index (κ2) is 8.73. The van der Waals surface area contributed by atoms with Gasteiger partial charge in [0.05, 0.1) is 10.0 Å². The monoisotopic (exact) mass is 383 g/mol. The third-order valence-corrected chi connectivity index (χ3v) is 3.78. The highest BCUT2D eigenvalue weighted by atomic mass is 35.5. The summed E-state index contributed by atoms with van der Waals surface area (Å²) in [6.07, 6.45) is 2.77. The van der Waals surface area contributed by atoms with Crippen molar-refractivity contribution < 1.29 is 14.3 Å². The molecule has 0 radical (unpaired) electrons. The van der Waals surface area contributed by atoms with Crippen LogP contribution >= 0.6 is 34.8 Å². The van der Waals surface area contributed by atoms with Gasteiger partial charge < -0.3 is 10.1 Å². The lowest BCUT2D eigenvalue weighted by molar-refractivity contribution is -0.142. The van der Waals surface area contributed by atoms with Gasteiger partial charge in [-0.2, -0.15) is 0 Å². The van der Waals surface area contributed by atoms with Crippen LogP contribution < -0.4 is 5.32 Å². The van der Waals surface area contributed by atoms with Crippen molar-refractivity contribution in [2.75, 3.05) is 11.9 Å². The molecule has 0 aliphatic heterocycles. The van der Waals surface area contributed by atoms with Gasteiger partial charge in [0.1, 0.15) is 0 Å². The molecule has 0 bridgehead atoms. The summed E-state index contributed by atoms with van der Waals surface area (Å²) in [6.45, 7) is -0.418. The van der Waals surface area contributed by atoms with Gasteiger partial charge in [0.15, 0.2) is 6.61 Å². The molecule has 1 N–H and O–H groups in total. The summed E-state index contributed by atoms with van der Waals surface area (Å²) >= 11 is 17.5. The van der Waals surface area contributed by atoms with Crippen molar-refractivity contribution in [1.82, 2.24) is 0 Å². The SMILES string of the molecule is O=C(COC(=O)/C=C/c1cccc(Cl)c1)Nc1ccc(Cl)c(Cl)c1. The smallest absolute Gasteiger partial charge is 0.331 e. The van der Waals surface area contributed by atoms with Crippen molar-refractivity contribution in [1.29, 1.82) is 0 Å². The maximum atomic E-state index is 11.7. The number of hydrogen-bond donors (Lipinski definition) is 1. The molecule has 0 saturated carbocycles. The van der Waals surface area contributed by atoms with Crippen LogP contribution in [0.4, 0.5) is 5.69 Å². The highest BCUT2D eigenvalue weighted by molar-refractivity contribution is 6.42. The number of halogens is 3. The Labute approximate surface area is 154 Å². The lowest BCUT2D eigenvalue weighted by Crippen LogP contribution is -2.20. The number of carbonyl (C=O) groups is 2. The average Bonchev–Trinajstić information content (AvgIpc) is 2.54. The Kier molecular flexibility index (Phi) is 6.67. The summed E-state index contributed by atoms with van der Waals surface area (Å²) in [4.78, 5) is 23.3. The summed E-state index contributed by atoms with van der Waals surface area (Å²) in [7, 11) is 0. The van der Waals surface area contributed by atoms with Crippen molar-refractivity contribution in [2.45, 2.75) is 0 Å². The summed E-state index contributed by atoms with van der Waals surface area (Å²) in [6, 6.07) is 11.6. The fraction of sp³-hybridized carbons (Fsp3) is 0.0588. The number of benzene rings is 2. The van der Waals surface area contributed by atoms with E-state index >= 15 is 0 Å². The van der Waals surface area contributed by atoms with Crippen molar-refractivity contribution in [3.05, 3.63) is 69.2 Å². The minimum absolute atomic E-state index is 0.316. The molecule has 0 aliphatic rings. The molecule has 4 nitrogen and oxygen atoms in total. The predicted molar refractivity (Wildman–Crippen MR) is 96.5 cm³/mol. The summed E-state index contributed by atoms with van der Waals surface area (Å²) in [5.41, 5.74) is 1.21. The molecule has 2 aromatic rings. The first-order chi connectivity index (χ1) is 11.4. The van der Waals surface area contributed by atoms with E-state index in [0.717, 1.165) is 5.56 Å². The Bertz CT molecular complexity index is 790. The van der Waals surface area contributed by atoms with Crippen LogP contribution in [0.5, 0.6) is 0 Å². The van der Waals surface area contributed by atoms with Crippen LogP contribution in [0.1, 0.15) is 5.56 Å². The zero-order valence-electron chi connectivity index (χ0n) is 12.3. The topological polar surface area (TPSA) is 55.4 Å². The van der Waals surface area contributed by atoms with Crippen molar-refractivity contribution in [2.24, 2.45) is 0 Å². The van der Waals surface area contributed by atoms with E-state index in [9.17, 15) is 9.59 Å². The maximum absolute atomic E-state index is 11.7. The molecular formula is C17H12Cl3NO3. The van der Waals surface area contributed by atoms with Gasteiger partial charge in [-0.05, 0) is 42.0 Å². The number of carbonyl (C=O) groups excluding carboxylic acids is 2. The van der Waals surface area contributed by atoms with Gasteiger partial charge >= 0.3 is 5.97 Å². The quantitative estimate of drug-likeness (QED) is 0.592. The van der Waals surface area contributed by atoms with Crippen LogP contribution in [0, 0.1) is 0 Å². The van der Waals surface area contributed by atoms with Gasteiger partial charge in [0, 0.05) is 16.8 Å². The Hall–Kier alpha value is -2.01. The maximum Gasteiger partial charge on any atom is 0.331 e. The van der Waals surface area contributed by atoms with E-state index in [4.69, 9.17) is 39.5 Å². The van der Waals surface area contributed by atoms with Gasteiger partial charge in [-0.15, -0.1) is 0 Å². The highest BCUT2D eigenvalue weighted by Crippen LogP contribution is 2.24. The predicted octanol–water partition coefficient (Wildman–Crippen LogP) is 4.84. The largest absolute Gasteiger partial charge is 0.452 e. The Morgan fingerprint density at radius 3 is 2.54 bits per heavy atom. The number of ether oxygens (including phenoxy) is 1. The standard InChI is InChI=1S/C17H12Cl3NO3/c18-12-3-1-2-11(8-12)4-7-17(23)24-10-16(22)21-13-5-6-14(19)15(20)9-13/h1-9H,10H2,(H,21,22)/b7-4+. The molecular weight excluding hydrogens is 373 g/mol. The van der Waals surface area contributed by atoms with Crippen LogP contribution in [0.2, 0.25) is 15.1 Å². The van der Waals surface area contributed by atoms with Crippen LogP contribution in [0.25, 0.3) is 6.08 Å². The molecule has 0 heterocycles. The molecule has 0 atom stereocenters. The molecule has 0 aliphatic carbocycles. The van der Waals surface area contributed by atoms with E-state index in [-0.39, 0.29) is 0 Å². The molecule has 0 aromatic heterocycles. The van der Waals surface area contributed by atoms with Crippen LogP contribution in [0.3, 0.4) is 0 Å². The van der Waals surface area contributed by atoms with E-state index in [1.165, 1.54) is 12.1 Å². The molecule has 0 unspecified atom stereocenters. The normalized spacial score (nSPS) is 10.6. The number of nitrogens with one attached hydrogen (secondary N) is 1. The number of hydrogen-bond acceptors (Lipinski definition) is 3. The molecule has 2 aromatic carbocycles.